The summed E-state index contributed by atoms with van der Waals surface area (Å²) in [5.74, 6) is -0.614. The van der Waals surface area contributed by atoms with Crippen LogP contribution in [0.3, 0.4) is 0 Å². The Morgan fingerprint density at radius 2 is 1.71 bits per heavy atom. The molecule has 2 atom stereocenters. The zero-order valence-corrected chi connectivity index (χ0v) is 18.6. The number of hydrogen-bond donors (Lipinski definition) is 4. The van der Waals surface area contributed by atoms with Gasteiger partial charge in [-0.1, -0.05) is 19.3 Å². The molecule has 31 heavy (non-hydrogen) atoms. The summed E-state index contributed by atoms with van der Waals surface area (Å²) in [6.07, 6.45) is 6.73. The van der Waals surface area contributed by atoms with Gasteiger partial charge in [0.25, 0.3) is 0 Å². The van der Waals surface area contributed by atoms with Crippen molar-refractivity contribution in [3.8, 4) is 0 Å². The van der Waals surface area contributed by atoms with Gasteiger partial charge in [-0.3, -0.25) is 9.59 Å². The predicted octanol–water partition coefficient (Wildman–Crippen LogP) is 0.528. The first kappa shape index (κ1) is 23.1. The van der Waals surface area contributed by atoms with E-state index in [1.165, 1.54) is 11.3 Å². The molecule has 2 unspecified atom stereocenters. The van der Waals surface area contributed by atoms with Crippen LogP contribution in [0.15, 0.2) is 0 Å². The lowest BCUT2D eigenvalue weighted by atomic mass is 9.96. The van der Waals surface area contributed by atoms with Gasteiger partial charge in [0, 0.05) is 31.7 Å². The van der Waals surface area contributed by atoms with Crippen LogP contribution in [0.2, 0.25) is 0 Å². The lowest BCUT2D eigenvalue weighted by Crippen LogP contribution is -2.66. The molecule has 3 rings (SSSR count). The quantitative estimate of drug-likeness (QED) is 0.513. The standard InChI is InChI=1S/C21H36N6O4/c1-14(2)23-21(31)27-12-11-26(20(30)24-15-7-4-3-5-8-15)13-17(27)19(29)25-16-9-6-10-22-18(16)28/h14-17H,3-13H2,1-2H3,(H,22,28)(H,23,31)(H,24,30)(H,25,29). The van der Waals surface area contributed by atoms with Crippen LogP contribution in [0.25, 0.3) is 0 Å². The monoisotopic (exact) mass is 436 g/mol. The highest BCUT2D eigenvalue weighted by Crippen LogP contribution is 2.18. The second-order valence-electron chi connectivity index (χ2n) is 9.04. The van der Waals surface area contributed by atoms with Gasteiger partial charge in [0.1, 0.15) is 12.1 Å². The largest absolute Gasteiger partial charge is 0.354 e. The van der Waals surface area contributed by atoms with Crippen LogP contribution in [0, 0.1) is 0 Å². The van der Waals surface area contributed by atoms with Crippen molar-refractivity contribution in [2.24, 2.45) is 0 Å². The Kier molecular flexibility index (Phi) is 7.97. The maximum atomic E-state index is 13.1. The van der Waals surface area contributed by atoms with Crippen molar-refractivity contribution in [1.82, 2.24) is 31.1 Å². The van der Waals surface area contributed by atoms with Crippen molar-refractivity contribution in [3.63, 3.8) is 0 Å². The molecule has 0 bridgehead atoms. The molecule has 0 aromatic rings. The normalized spacial score (nSPS) is 25.1. The molecule has 2 saturated heterocycles. The van der Waals surface area contributed by atoms with E-state index in [0.29, 0.717) is 19.5 Å². The lowest BCUT2D eigenvalue weighted by molar-refractivity contribution is -0.133. The first-order valence-electron chi connectivity index (χ1n) is 11.6. The number of nitrogens with one attached hydrogen (secondary N) is 4. The minimum absolute atomic E-state index is 0.0760. The Morgan fingerprint density at radius 3 is 2.39 bits per heavy atom. The van der Waals surface area contributed by atoms with Crippen LogP contribution in [0.5, 0.6) is 0 Å². The van der Waals surface area contributed by atoms with Crippen LogP contribution < -0.4 is 21.3 Å². The molecule has 1 aliphatic carbocycles. The number of hydrogen-bond acceptors (Lipinski definition) is 4. The molecule has 2 aliphatic heterocycles. The van der Waals surface area contributed by atoms with Gasteiger partial charge in [-0.25, -0.2) is 9.59 Å². The van der Waals surface area contributed by atoms with E-state index >= 15 is 0 Å². The van der Waals surface area contributed by atoms with Crippen molar-refractivity contribution in [2.75, 3.05) is 26.2 Å². The highest BCUT2D eigenvalue weighted by molar-refractivity contribution is 5.93. The summed E-state index contributed by atoms with van der Waals surface area (Å²) < 4.78 is 0. The van der Waals surface area contributed by atoms with E-state index in [1.807, 2.05) is 13.8 Å². The Bertz CT molecular complexity index is 679. The van der Waals surface area contributed by atoms with Gasteiger partial charge in [0.15, 0.2) is 0 Å². The first-order chi connectivity index (χ1) is 14.8. The maximum absolute atomic E-state index is 13.1. The Balaban J connectivity index is 1.67. The smallest absolute Gasteiger partial charge is 0.318 e. The van der Waals surface area contributed by atoms with Crippen LogP contribution >= 0.6 is 0 Å². The minimum Gasteiger partial charge on any atom is -0.354 e. The van der Waals surface area contributed by atoms with Gasteiger partial charge >= 0.3 is 12.1 Å². The van der Waals surface area contributed by atoms with Gasteiger partial charge in [0.2, 0.25) is 11.8 Å². The summed E-state index contributed by atoms with van der Waals surface area (Å²) in [6.45, 7) is 5.03. The maximum Gasteiger partial charge on any atom is 0.318 e. The van der Waals surface area contributed by atoms with Crippen LogP contribution in [-0.2, 0) is 9.59 Å². The molecular weight excluding hydrogens is 400 g/mol. The van der Waals surface area contributed by atoms with Crippen molar-refractivity contribution in [2.45, 2.75) is 83.0 Å². The van der Waals surface area contributed by atoms with Crippen molar-refractivity contribution >= 4 is 23.9 Å². The van der Waals surface area contributed by atoms with Crippen molar-refractivity contribution < 1.29 is 19.2 Å². The third kappa shape index (κ3) is 6.24. The molecule has 0 radical (unpaired) electrons. The summed E-state index contributed by atoms with van der Waals surface area (Å²) >= 11 is 0. The molecular formula is C21H36N6O4. The Labute approximate surface area is 183 Å². The number of nitrogens with zero attached hydrogens (tertiary/aromatic N) is 2. The SMILES string of the molecule is CC(C)NC(=O)N1CCN(C(=O)NC2CCCCC2)CC1C(=O)NC1CCCNC1=O. The third-order valence-electron chi connectivity index (χ3n) is 6.18. The molecule has 10 nitrogen and oxygen atoms in total. The molecule has 10 heteroatoms. The number of piperazine rings is 1. The Hall–Kier alpha value is -2.52. The van der Waals surface area contributed by atoms with Gasteiger partial charge in [-0.15, -0.1) is 0 Å². The molecule has 6 amide bonds. The molecule has 0 aromatic carbocycles. The van der Waals surface area contributed by atoms with E-state index in [2.05, 4.69) is 21.3 Å². The number of carbonyl (C=O) groups is 4. The summed E-state index contributed by atoms with van der Waals surface area (Å²) in [7, 11) is 0. The van der Waals surface area contributed by atoms with Gasteiger partial charge in [0.05, 0.1) is 6.54 Å². The second kappa shape index (κ2) is 10.7. The molecule has 2 heterocycles. The second-order valence-corrected chi connectivity index (χ2v) is 9.04. The number of carbonyl (C=O) groups excluding carboxylic acids is 4. The van der Waals surface area contributed by atoms with Crippen molar-refractivity contribution in [1.29, 1.82) is 0 Å². The molecule has 3 fully saturated rings. The Morgan fingerprint density at radius 1 is 0.968 bits per heavy atom. The van der Waals surface area contributed by atoms with Crippen LogP contribution in [0.4, 0.5) is 9.59 Å². The highest BCUT2D eigenvalue weighted by atomic mass is 16.2. The van der Waals surface area contributed by atoms with E-state index in [4.69, 9.17) is 0 Å². The lowest BCUT2D eigenvalue weighted by Gasteiger charge is -2.41. The number of urea groups is 2. The third-order valence-corrected chi connectivity index (χ3v) is 6.18. The molecule has 4 N–H and O–H groups in total. The van der Waals surface area contributed by atoms with Crippen molar-refractivity contribution in [3.05, 3.63) is 0 Å². The van der Waals surface area contributed by atoms with E-state index in [9.17, 15) is 19.2 Å². The van der Waals surface area contributed by atoms with E-state index in [-0.39, 0.29) is 43.1 Å². The first-order valence-corrected chi connectivity index (χ1v) is 11.6. The minimum atomic E-state index is -0.848. The molecule has 174 valence electrons. The summed E-state index contributed by atoms with van der Waals surface area (Å²) in [5, 5.41) is 11.5. The van der Waals surface area contributed by atoms with Crippen LogP contribution in [0.1, 0.15) is 58.8 Å². The summed E-state index contributed by atoms with van der Waals surface area (Å²) in [6, 6.07) is -1.89. The topological polar surface area (TPSA) is 123 Å². The number of piperidine rings is 1. The fraction of sp³-hybridized carbons (Fsp3) is 0.810. The molecule has 0 aromatic heterocycles. The molecule has 1 saturated carbocycles. The van der Waals surface area contributed by atoms with E-state index in [0.717, 1.165) is 32.1 Å². The van der Waals surface area contributed by atoms with Gasteiger partial charge < -0.3 is 31.1 Å². The number of rotatable bonds is 4. The van der Waals surface area contributed by atoms with Gasteiger partial charge in [-0.05, 0) is 39.5 Å². The molecule has 0 spiro atoms. The average Bonchev–Trinajstić information content (AvgIpc) is 2.75. The fourth-order valence-electron chi connectivity index (χ4n) is 4.46. The zero-order chi connectivity index (χ0) is 22.4. The van der Waals surface area contributed by atoms with Crippen LogP contribution in [-0.4, -0.2) is 84.0 Å². The average molecular weight is 437 g/mol. The zero-order valence-electron chi connectivity index (χ0n) is 18.6. The van der Waals surface area contributed by atoms with E-state index in [1.54, 1.807) is 4.90 Å². The molecule has 3 aliphatic rings. The summed E-state index contributed by atoms with van der Waals surface area (Å²) in [5.41, 5.74) is 0. The number of amides is 6. The van der Waals surface area contributed by atoms with Gasteiger partial charge in [-0.2, -0.15) is 0 Å². The van der Waals surface area contributed by atoms with E-state index < -0.39 is 18.0 Å². The summed E-state index contributed by atoms with van der Waals surface area (Å²) in [4.78, 5) is 53.8. The predicted molar refractivity (Wildman–Crippen MR) is 115 cm³/mol. The fourth-order valence-corrected chi connectivity index (χ4v) is 4.46. The highest BCUT2D eigenvalue weighted by Gasteiger charge is 2.39.